The molecule has 2 aromatic rings. The number of fused-ring (bicyclic) bond motifs is 4. The lowest BCUT2D eigenvalue weighted by Gasteiger charge is -2.35. The Kier molecular flexibility index (Phi) is 4.86. The van der Waals surface area contributed by atoms with E-state index in [0.29, 0.717) is 6.04 Å². The first-order chi connectivity index (χ1) is 12.2. The Labute approximate surface area is 149 Å². The van der Waals surface area contributed by atoms with Gasteiger partial charge in [0, 0.05) is 43.3 Å². The van der Waals surface area contributed by atoms with Crippen LogP contribution < -0.4 is 0 Å². The van der Waals surface area contributed by atoms with Gasteiger partial charge in [-0.15, -0.1) is 0 Å². The highest BCUT2D eigenvalue weighted by Gasteiger charge is 2.34. The molecule has 0 spiro atoms. The molecule has 3 fully saturated rings. The van der Waals surface area contributed by atoms with Crippen LogP contribution in [0.5, 0.6) is 0 Å². The normalized spacial score (nSPS) is 24.6. The topological polar surface area (TPSA) is 35.2 Å². The number of piperidine rings is 1. The van der Waals surface area contributed by atoms with Gasteiger partial charge in [0.15, 0.2) is 0 Å². The van der Waals surface area contributed by atoms with Crippen LogP contribution in [0.25, 0.3) is 11.3 Å². The van der Waals surface area contributed by atoms with Crippen LogP contribution in [-0.2, 0) is 6.54 Å². The lowest BCUT2D eigenvalue weighted by atomic mass is 9.95. The molecule has 5 heteroatoms. The standard InChI is InChI=1S/C20H27FN4/c1-2-8-25-12-15-6-7-19(25)14-24(11-15)13-17-10-22-23-20(17)16-4-3-5-18(21)9-16/h3-5,9-10,15,19H,2,6-8,11-14H2,1H3,(H,22,23)/t15-,19+/m1/s1. The molecule has 0 unspecified atom stereocenters. The predicted molar refractivity (Wildman–Crippen MR) is 97.6 cm³/mol. The monoisotopic (exact) mass is 342 g/mol. The third-order valence-corrected chi connectivity index (χ3v) is 5.64. The smallest absolute Gasteiger partial charge is 0.123 e. The molecule has 1 aromatic heterocycles. The molecule has 0 amide bonds. The molecule has 5 rings (SSSR count). The number of halogens is 1. The maximum absolute atomic E-state index is 13.6. The molecule has 134 valence electrons. The van der Waals surface area contributed by atoms with E-state index in [1.54, 1.807) is 12.1 Å². The fourth-order valence-corrected chi connectivity index (χ4v) is 4.53. The van der Waals surface area contributed by atoms with Gasteiger partial charge in [0.25, 0.3) is 0 Å². The first kappa shape index (κ1) is 16.7. The molecule has 4 nitrogen and oxygen atoms in total. The van der Waals surface area contributed by atoms with Gasteiger partial charge in [0.1, 0.15) is 5.82 Å². The molecule has 0 saturated carbocycles. The third kappa shape index (κ3) is 3.62. The average molecular weight is 342 g/mol. The highest BCUT2D eigenvalue weighted by Crippen LogP contribution is 2.30. The van der Waals surface area contributed by atoms with E-state index in [-0.39, 0.29) is 5.82 Å². The Morgan fingerprint density at radius 2 is 2.16 bits per heavy atom. The zero-order valence-corrected chi connectivity index (χ0v) is 14.9. The number of aromatic amines is 1. The summed E-state index contributed by atoms with van der Waals surface area (Å²) in [5.41, 5.74) is 2.98. The minimum atomic E-state index is -0.207. The molecule has 0 aliphatic carbocycles. The predicted octanol–water partition coefficient (Wildman–Crippen LogP) is 3.52. The summed E-state index contributed by atoms with van der Waals surface area (Å²) in [5.74, 6) is 0.566. The second-order valence-electron chi connectivity index (χ2n) is 7.57. The van der Waals surface area contributed by atoms with Crippen molar-refractivity contribution in [2.45, 2.75) is 38.8 Å². The minimum Gasteiger partial charge on any atom is -0.299 e. The van der Waals surface area contributed by atoms with Crippen molar-refractivity contribution in [3.8, 4) is 11.3 Å². The van der Waals surface area contributed by atoms with Gasteiger partial charge in [0.05, 0.1) is 11.9 Å². The number of hydrogen-bond acceptors (Lipinski definition) is 3. The fourth-order valence-electron chi connectivity index (χ4n) is 4.53. The SMILES string of the molecule is CCCN1C[C@@H]2CC[C@H]1CN(Cc1cn[nH]c1-c1cccc(F)c1)C2. The van der Waals surface area contributed by atoms with Crippen molar-refractivity contribution in [3.05, 3.63) is 41.8 Å². The number of nitrogens with zero attached hydrogens (tertiary/aromatic N) is 3. The van der Waals surface area contributed by atoms with E-state index in [9.17, 15) is 4.39 Å². The van der Waals surface area contributed by atoms with E-state index in [1.165, 1.54) is 38.4 Å². The Balaban J connectivity index is 1.51. The van der Waals surface area contributed by atoms with Crippen molar-refractivity contribution in [2.24, 2.45) is 5.92 Å². The van der Waals surface area contributed by atoms with E-state index >= 15 is 0 Å². The van der Waals surface area contributed by atoms with E-state index in [2.05, 4.69) is 26.9 Å². The summed E-state index contributed by atoms with van der Waals surface area (Å²) >= 11 is 0. The number of hydrogen-bond donors (Lipinski definition) is 1. The van der Waals surface area contributed by atoms with E-state index in [1.807, 2.05) is 12.3 Å². The summed E-state index contributed by atoms with van der Waals surface area (Å²) in [6, 6.07) is 7.43. The van der Waals surface area contributed by atoms with Crippen molar-refractivity contribution in [3.63, 3.8) is 0 Å². The van der Waals surface area contributed by atoms with Crippen molar-refractivity contribution in [1.29, 1.82) is 0 Å². The summed E-state index contributed by atoms with van der Waals surface area (Å²) < 4.78 is 13.6. The molecule has 1 aromatic carbocycles. The second kappa shape index (κ2) is 7.26. The van der Waals surface area contributed by atoms with Crippen LogP contribution in [0.2, 0.25) is 0 Å². The van der Waals surface area contributed by atoms with Crippen LogP contribution in [0.15, 0.2) is 30.5 Å². The van der Waals surface area contributed by atoms with E-state index in [0.717, 1.165) is 42.4 Å². The molecule has 3 aliphatic rings. The molecule has 1 N–H and O–H groups in total. The summed E-state index contributed by atoms with van der Waals surface area (Å²) in [7, 11) is 0. The van der Waals surface area contributed by atoms with Gasteiger partial charge in [-0.3, -0.25) is 14.9 Å². The largest absolute Gasteiger partial charge is 0.299 e. The van der Waals surface area contributed by atoms with Gasteiger partial charge < -0.3 is 0 Å². The summed E-state index contributed by atoms with van der Waals surface area (Å²) in [4.78, 5) is 5.27. The number of benzene rings is 1. The molecule has 4 heterocycles. The second-order valence-corrected chi connectivity index (χ2v) is 7.57. The maximum atomic E-state index is 13.6. The van der Waals surface area contributed by atoms with Crippen LogP contribution >= 0.6 is 0 Å². The molecular weight excluding hydrogens is 315 g/mol. The minimum absolute atomic E-state index is 0.207. The highest BCUT2D eigenvalue weighted by atomic mass is 19.1. The van der Waals surface area contributed by atoms with Crippen LogP contribution in [0.4, 0.5) is 4.39 Å². The maximum Gasteiger partial charge on any atom is 0.123 e. The zero-order chi connectivity index (χ0) is 17.2. The molecule has 25 heavy (non-hydrogen) atoms. The molecule has 0 radical (unpaired) electrons. The van der Waals surface area contributed by atoms with Crippen molar-refractivity contribution in [2.75, 3.05) is 26.2 Å². The number of H-pyrrole nitrogens is 1. The van der Waals surface area contributed by atoms with Gasteiger partial charge in [-0.1, -0.05) is 19.1 Å². The van der Waals surface area contributed by atoms with Crippen molar-refractivity contribution < 1.29 is 4.39 Å². The zero-order valence-electron chi connectivity index (χ0n) is 14.9. The molecule has 2 bridgehead atoms. The van der Waals surface area contributed by atoms with Crippen LogP contribution in [-0.4, -0.2) is 52.2 Å². The third-order valence-electron chi connectivity index (χ3n) is 5.64. The Bertz CT molecular complexity index is 713. The molecule has 3 aliphatic heterocycles. The van der Waals surface area contributed by atoms with E-state index in [4.69, 9.17) is 0 Å². The van der Waals surface area contributed by atoms with Crippen LogP contribution in [0, 0.1) is 11.7 Å². The van der Waals surface area contributed by atoms with Gasteiger partial charge in [-0.25, -0.2) is 4.39 Å². The number of rotatable bonds is 5. The fraction of sp³-hybridized carbons (Fsp3) is 0.550. The lowest BCUT2D eigenvalue weighted by molar-refractivity contribution is 0.131. The van der Waals surface area contributed by atoms with Gasteiger partial charge in [-0.05, 0) is 43.9 Å². The van der Waals surface area contributed by atoms with Crippen LogP contribution in [0.3, 0.4) is 0 Å². The van der Waals surface area contributed by atoms with Gasteiger partial charge >= 0.3 is 0 Å². The quantitative estimate of drug-likeness (QED) is 0.903. The first-order valence-corrected chi connectivity index (χ1v) is 9.47. The first-order valence-electron chi connectivity index (χ1n) is 9.47. The highest BCUT2D eigenvalue weighted by molar-refractivity contribution is 5.62. The van der Waals surface area contributed by atoms with Gasteiger partial charge in [0.2, 0.25) is 0 Å². The van der Waals surface area contributed by atoms with E-state index < -0.39 is 0 Å². The average Bonchev–Trinajstić information content (AvgIpc) is 2.88. The van der Waals surface area contributed by atoms with Gasteiger partial charge in [-0.2, -0.15) is 5.10 Å². The number of aromatic nitrogens is 2. The summed E-state index contributed by atoms with van der Waals surface area (Å²) in [6.07, 6.45) is 5.80. The van der Waals surface area contributed by atoms with Crippen molar-refractivity contribution in [1.82, 2.24) is 20.0 Å². The molecule has 2 atom stereocenters. The number of nitrogens with one attached hydrogen (secondary N) is 1. The Morgan fingerprint density at radius 1 is 1.24 bits per heavy atom. The Morgan fingerprint density at radius 3 is 3.00 bits per heavy atom. The lowest BCUT2D eigenvalue weighted by Crippen LogP contribution is -2.44. The van der Waals surface area contributed by atoms with Crippen LogP contribution in [0.1, 0.15) is 31.7 Å². The molecular formula is C20H27FN4. The Hall–Kier alpha value is -1.72. The summed E-state index contributed by atoms with van der Waals surface area (Å²) in [6.45, 7) is 7.91. The molecule has 3 saturated heterocycles. The van der Waals surface area contributed by atoms with Crippen molar-refractivity contribution >= 4 is 0 Å². The summed E-state index contributed by atoms with van der Waals surface area (Å²) in [5, 5.41) is 7.30.